The Hall–Kier alpha value is -1.31. The minimum absolute atomic E-state index is 0. The maximum Gasteiger partial charge on any atom is 0.220 e. The summed E-state index contributed by atoms with van der Waals surface area (Å²) in [5, 5.41) is 9.57. The standard InChI is InChI=1S/C19H30N4O.HI/c1-5-20-18(23-16-10-11-17(24)21-13-16)22-12-14-6-8-15(9-7-14)19(2,3)4;/h6-9,16H,5,10-13H2,1-4H3,(H,21,24)(H2,20,22,23);1H. The zero-order chi connectivity index (χ0) is 17.6. The van der Waals surface area contributed by atoms with E-state index in [2.05, 4.69) is 72.9 Å². The molecular formula is C19H31IN4O. The van der Waals surface area contributed by atoms with Gasteiger partial charge >= 0.3 is 0 Å². The van der Waals surface area contributed by atoms with Gasteiger partial charge in [-0.15, -0.1) is 24.0 Å². The molecule has 1 atom stereocenters. The highest BCUT2D eigenvalue weighted by Gasteiger charge is 2.18. The van der Waals surface area contributed by atoms with E-state index in [1.807, 2.05) is 0 Å². The third kappa shape index (κ3) is 7.22. The molecular weight excluding hydrogens is 427 g/mol. The van der Waals surface area contributed by atoms with Gasteiger partial charge in [0.1, 0.15) is 0 Å². The number of amides is 1. The molecule has 1 unspecified atom stereocenters. The van der Waals surface area contributed by atoms with Crippen LogP contribution in [0, 0.1) is 0 Å². The maximum atomic E-state index is 11.2. The smallest absolute Gasteiger partial charge is 0.220 e. The first kappa shape index (κ1) is 21.7. The monoisotopic (exact) mass is 458 g/mol. The molecule has 1 aromatic carbocycles. The Bertz CT molecular complexity index is 568. The topological polar surface area (TPSA) is 65.5 Å². The number of benzene rings is 1. The lowest BCUT2D eigenvalue weighted by Gasteiger charge is -2.25. The number of hydrogen-bond donors (Lipinski definition) is 3. The second-order valence-corrected chi connectivity index (χ2v) is 7.33. The second kappa shape index (κ2) is 9.99. The minimum Gasteiger partial charge on any atom is -0.357 e. The van der Waals surface area contributed by atoms with Gasteiger partial charge in [0.15, 0.2) is 5.96 Å². The highest BCUT2D eigenvalue weighted by Crippen LogP contribution is 2.22. The van der Waals surface area contributed by atoms with Crippen LogP contribution in [0.5, 0.6) is 0 Å². The number of halogens is 1. The van der Waals surface area contributed by atoms with Crippen LogP contribution >= 0.6 is 24.0 Å². The number of nitrogens with zero attached hydrogens (tertiary/aromatic N) is 1. The Kier molecular flexibility index (Phi) is 8.68. The van der Waals surface area contributed by atoms with E-state index < -0.39 is 0 Å². The quantitative estimate of drug-likeness (QED) is 0.370. The van der Waals surface area contributed by atoms with Crippen molar-refractivity contribution in [3.63, 3.8) is 0 Å². The van der Waals surface area contributed by atoms with E-state index in [0.717, 1.165) is 18.9 Å². The summed E-state index contributed by atoms with van der Waals surface area (Å²) in [4.78, 5) is 15.9. The van der Waals surface area contributed by atoms with Crippen molar-refractivity contribution in [1.29, 1.82) is 0 Å². The fraction of sp³-hybridized carbons (Fsp3) is 0.579. The zero-order valence-corrected chi connectivity index (χ0v) is 18.0. The van der Waals surface area contributed by atoms with Crippen molar-refractivity contribution in [3.8, 4) is 0 Å². The van der Waals surface area contributed by atoms with Crippen molar-refractivity contribution < 1.29 is 4.79 Å². The molecule has 25 heavy (non-hydrogen) atoms. The normalized spacial score (nSPS) is 18.2. The van der Waals surface area contributed by atoms with Crippen LogP contribution in [0.3, 0.4) is 0 Å². The molecule has 6 heteroatoms. The Morgan fingerprint density at radius 2 is 1.96 bits per heavy atom. The molecule has 1 fully saturated rings. The van der Waals surface area contributed by atoms with Crippen molar-refractivity contribution in [2.75, 3.05) is 13.1 Å². The Labute approximate surface area is 168 Å². The van der Waals surface area contributed by atoms with Gasteiger partial charge in [-0.3, -0.25) is 4.79 Å². The predicted molar refractivity (Wildman–Crippen MR) is 115 cm³/mol. The number of piperidine rings is 1. The Balaban J connectivity index is 0.00000312. The SMILES string of the molecule is CCNC(=NCc1ccc(C(C)(C)C)cc1)NC1CCC(=O)NC1.I. The Morgan fingerprint density at radius 3 is 2.48 bits per heavy atom. The number of rotatable bonds is 4. The van der Waals surface area contributed by atoms with E-state index in [1.54, 1.807) is 0 Å². The second-order valence-electron chi connectivity index (χ2n) is 7.33. The van der Waals surface area contributed by atoms with E-state index >= 15 is 0 Å². The zero-order valence-electron chi connectivity index (χ0n) is 15.7. The van der Waals surface area contributed by atoms with E-state index in [0.29, 0.717) is 19.5 Å². The van der Waals surface area contributed by atoms with Gasteiger partial charge in [0.2, 0.25) is 5.91 Å². The summed E-state index contributed by atoms with van der Waals surface area (Å²) in [6, 6.07) is 8.90. The van der Waals surface area contributed by atoms with Crippen LogP contribution in [-0.2, 0) is 16.8 Å². The molecule has 0 aliphatic carbocycles. The average Bonchev–Trinajstić information content (AvgIpc) is 2.54. The van der Waals surface area contributed by atoms with Gasteiger partial charge in [0.05, 0.1) is 6.54 Å². The van der Waals surface area contributed by atoms with Crippen LogP contribution in [0.4, 0.5) is 0 Å². The van der Waals surface area contributed by atoms with Gasteiger partial charge in [0, 0.05) is 25.6 Å². The van der Waals surface area contributed by atoms with E-state index in [9.17, 15) is 4.79 Å². The first-order valence-electron chi connectivity index (χ1n) is 8.79. The first-order valence-corrected chi connectivity index (χ1v) is 8.79. The fourth-order valence-electron chi connectivity index (χ4n) is 2.65. The first-order chi connectivity index (χ1) is 11.4. The average molecular weight is 458 g/mol. The molecule has 2 rings (SSSR count). The highest BCUT2D eigenvalue weighted by atomic mass is 127. The minimum atomic E-state index is 0. The third-order valence-corrected chi connectivity index (χ3v) is 4.19. The number of aliphatic imine (C=N–C) groups is 1. The van der Waals surface area contributed by atoms with Crippen LogP contribution in [-0.4, -0.2) is 31.0 Å². The summed E-state index contributed by atoms with van der Waals surface area (Å²) in [5.74, 6) is 0.937. The largest absolute Gasteiger partial charge is 0.357 e. The van der Waals surface area contributed by atoms with E-state index in [-0.39, 0.29) is 41.3 Å². The van der Waals surface area contributed by atoms with Crippen LogP contribution in [0.2, 0.25) is 0 Å². The van der Waals surface area contributed by atoms with Gasteiger partial charge in [-0.2, -0.15) is 0 Å². The molecule has 1 amide bonds. The van der Waals surface area contributed by atoms with Crippen molar-refractivity contribution in [2.24, 2.45) is 4.99 Å². The third-order valence-electron chi connectivity index (χ3n) is 4.19. The van der Waals surface area contributed by atoms with Crippen LogP contribution in [0.15, 0.2) is 29.3 Å². The van der Waals surface area contributed by atoms with Crippen LogP contribution in [0.1, 0.15) is 51.7 Å². The molecule has 1 aromatic rings. The van der Waals surface area contributed by atoms with Crippen LogP contribution in [0.25, 0.3) is 0 Å². The molecule has 0 aromatic heterocycles. The fourth-order valence-corrected chi connectivity index (χ4v) is 2.65. The van der Waals surface area contributed by atoms with Gasteiger partial charge < -0.3 is 16.0 Å². The highest BCUT2D eigenvalue weighted by molar-refractivity contribution is 14.0. The number of guanidine groups is 1. The van der Waals surface area contributed by atoms with Gasteiger partial charge in [-0.05, 0) is 29.9 Å². The summed E-state index contributed by atoms with van der Waals surface area (Å²) >= 11 is 0. The van der Waals surface area contributed by atoms with Crippen molar-refractivity contribution in [1.82, 2.24) is 16.0 Å². The molecule has 1 saturated heterocycles. The number of carbonyl (C=O) groups is 1. The molecule has 1 heterocycles. The lowest BCUT2D eigenvalue weighted by atomic mass is 9.87. The molecule has 3 N–H and O–H groups in total. The van der Waals surface area contributed by atoms with Crippen molar-refractivity contribution in [3.05, 3.63) is 35.4 Å². The number of nitrogens with one attached hydrogen (secondary N) is 3. The summed E-state index contributed by atoms with van der Waals surface area (Å²) in [6.07, 6.45) is 1.42. The van der Waals surface area contributed by atoms with Gasteiger partial charge in [-0.25, -0.2) is 4.99 Å². The number of hydrogen-bond acceptors (Lipinski definition) is 2. The van der Waals surface area contributed by atoms with Gasteiger partial charge in [0.25, 0.3) is 0 Å². The summed E-state index contributed by atoms with van der Waals surface area (Å²) in [5.41, 5.74) is 2.69. The van der Waals surface area contributed by atoms with E-state index in [4.69, 9.17) is 0 Å². The molecule has 0 spiro atoms. The van der Waals surface area contributed by atoms with Gasteiger partial charge in [-0.1, -0.05) is 45.0 Å². The molecule has 0 saturated carbocycles. The van der Waals surface area contributed by atoms with Crippen LogP contribution < -0.4 is 16.0 Å². The molecule has 1 aliphatic rings. The molecule has 5 nitrogen and oxygen atoms in total. The predicted octanol–water partition coefficient (Wildman–Crippen LogP) is 2.94. The van der Waals surface area contributed by atoms with Crippen molar-refractivity contribution >= 4 is 35.8 Å². The lowest BCUT2D eigenvalue weighted by Crippen LogP contribution is -2.51. The molecule has 1 aliphatic heterocycles. The molecule has 0 bridgehead atoms. The summed E-state index contributed by atoms with van der Waals surface area (Å²) in [6.45, 7) is 10.8. The lowest BCUT2D eigenvalue weighted by molar-refractivity contribution is -0.122. The number of carbonyl (C=O) groups excluding carboxylic acids is 1. The molecule has 0 radical (unpaired) electrons. The van der Waals surface area contributed by atoms with Crippen molar-refractivity contribution in [2.45, 2.75) is 58.5 Å². The Morgan fingerprint density at radius 1 is 1.28 bits per heavy atom. The maximum absolute atomic E-state index is 11.2. The summed E-state index contributed by atoms with van der Waals surface area (Å²) in [7, 11) is 0. The van der Waals surface area contributed by atoms with E-state index in [1.165, 1.54) is 11.1 Å². The molecule has 140 valence electrons. The summed E-state index contributed by atoms with van der Waals surface area (Å²) < 4.78 is 0.